The number of anilines is 1. The number of fused-ring (bicyclic) bond motifs is 3. The van der Waals surface area contributed by atoms with Crippen LogP contribution in [0.15, 0.2) is 30.7 Å². The maximum Gasteiger partial charge on any atom is 0.317 e. The van der Waals surface area contributed by atoms with Gasteiger partial charge in [0.2, 0.25) is 0 Å². The van der Waals surface area contributed by atoms with Crippen molar-refractivity contribution in [1.82, 2.24) is 25.2 Å². The van der Waals surface area contributed by atoms with Crippen LogP contribution in [0.1, 0.15) is 25.7 Å². The number of ether oxygens (including phenoxy) is 1. The number of nitrogens with zero attached hydrogens (tertiary/aromatic N) is 4. The largest absolute Gasteiger partial charge is 0.380 e. The molecule has 2 fully saturated rings. The molecule has 158 valence electrons. The molecule has 1 atom stereocenters. The van der Waals surface area contributed by atoms with Crippen molar-refractivity contribution in [2.75, 3.05) is 38.2 Å². The van der Waals surface area contributed by atoms with Gasteiger partial charge in [-0.25, -0.2) is 14.8 Å². The molecule has 0 aliphatic carbocycles. The molecule has 0 spiro atoms. The van der Waals surface area contributed by atoms with Crippen molar-refractivity contribution in [2.24, 2.45) is 0 Å². The highest BCUT2D eigenvalue weighted by Crippen LogP contribution is 2.32. The van der Waals surface area contributed by atoms with Gasteiger partial charge in [-0.15, -0.1) is 0 Å². The van der Waals surface area contributed by atoms with Gasteiger partial charge in [-0.3, -0.25) is 0 Å². The highest BCUT2D eigenvalue weighted by Gasteiger charge is 2.27. The second kappa shape index (κ2) is 8.10. The van der Waals surface area contributed by atoms with Gasteiger partial charge < -0.3 is 24.8 Å². The van der Waals surface area contributed by atoms with Gasteiger partial charge in [0.1, 0.15) is 0 Å². The number of urea groups is 1. The zero-order chi connectivity index (χ0) is 20.5. The van der Waals surface area contributed by atoms with Gasteiger partial charge in [-0.2, -0.15) is 0 Å². The van der Waals surface area contributed by atoms with Crippen LogP contribution >= 0.6 is 0 Å². The third kappa shape index (κ3) is 3.56. The van der Waals surface area contributed by atoms with E-state index >= 15 is 0 Å². The summed E-state index contributed by atoms with van der Waals surface area (Å²) in [5.41, 5.74) is 3.00. The predicted molar refractivity (Wildman–Crippen MR) is 117 cm³/mol. The molecule has 0 saturated carbocycles. The van der Waals surface area contributed by atoms with Crippen molar-refractivity contribution < 1.29 is 9.53 Å². The van der Waals surface area contributed by atoms with Gasteiger partial charge in [0.25, 0.3) is 0 Å². The molecule has 5 heterocycles. The number of aromatic amines is 1. The molecule has 8 heteroatoms. The summed E-state index contributed by atoms with van der Waals surface area (Å²) < 4.78 is 5.44. The number of pyridine rings is 2. The number of methoxy groups -OCH3 is 1. The summed E-state index contributed by atoms with van der Waals surface area (Å²) in [7, 11) is 1.72. The summed E-state index contributed by atoms with van der Waals surface area (Å²) in [6, 6.07) is 4.42. The smallest absolute Gasteiger partial charge is 0.317 e. The number of likely N-dealkylation sites (tertiary alicyclic amines) is 1. The maximum atomic E-state index is 12.7. The Bertz CT molecular complexity index is 1040. The van der Waals surface area contributed by atoms with E-state index in [1.807, 2.05) is 29.6 Å². The predicted octanol–water partition coefficient (Wildman–Crippen LogP) is 2.90. The first-order valence-corrected chi connectivity index (χ1v) is 10.8. The highest BCUT2D eigenvalue weighted by molar-refractivity contribution is 6.09. The fourth-order valence-corrected chi connectivity index (χ4v) is 4.75. The minimum absolute atomic E-state index is 0.0469. The fraction of sp³-hybridized carbons (Fsp3) is 0.500. The molecular weight excluding hydrogens is 380 g/mol. The molecule has 2 saturated heterocycles. The molecule has 3 aromatic heterocycles. The van der Waals surface area contributed by atoms with E-state index in [1.165, 1.54) is 11.1 Å². The van der Waals surface area contributed by atoms with Crippen LogP contribution in [0.4, 0.5) is 10.5 Å². The zero-order valence-electron chi connectivity index (χ0n) is 17.3. The van der Waals surface area contributed by atoms with Crippen molar-refractivity contribution in [3.63, 3.8) is 0 Å². The topological polar surface area (TPSA) is 86.4 Å². The quantitative estimate of drug-likeness (QED) is 0.696. The standard InChI is InChI=1S/C22H28N6O2/c1-30-16-3-2-10-28(14-16)22(29)26-15-6-11-27(12-7-15)19-5-9-23-18-13-25-21-17(20(18)19)4-8-24-21/h4-5,8-9,13,15-16,23H,2-3,6-7,10-12,14H2,1H3,(H,26,29). The van der Waals surface area contributed by atoms with Crippen molar-refractivity contribution >= 4 is 33.7 Å². The van der Waals surface area contributed by atoms with Crippen LogP contribution in [-0.4, -0.2) is 71.3 Å². The zero-order valence-corrected chi connectivity index (χ0v) is 17.3. The Morgan fingerprint density at radius 1 is 1.20 bits per heavy atom. The molecule has 0 aromatic carbocycles. The molecule has 2 aliphatic rings. The SMILES string of the molecule is COC1CCCN(C(=O)NC2CCN(c3cc[nH]c4cnc5nccc5c34)CC2)C1. The number of hydrogen-bond acceptors (Lipinski definition) is 5. The van der Waals surface area contributed by atoms with Crippen molar-refractivity contribution in [3.8, 4) is 0 Å². The van der Waals surface area contributed by atoms with Crippen LogP contribution in [0.25, 0.3) is 21.9 Å². The number of rotatable bonds is 3. The van der Waals surface area contributed by atoms with Crippen LogP contribution in [0.2, 0.25) is 0 Å². The second-order valence-corrected chi connectivity index (χ2v) is 8.25. The molecule has 30 heavy (non-hydrogen) atoms. The Morgan fingerprint density at radius 2 is 2.07 bits per heavy atom. The molecular formula is C22H28N6O2. The number of aromatic nitrogens is 3. The Kier molecular flexibility index (Phi) is 5.16. The molecule has 5 rings (SSSR count). The van der Waals surface area contributed by atoms with Gasteiger partial charge in [0, 0.05) is 68.2 Å². The van der Waals surface area contributed by atoms with Crippen molar-refractivity contribution in [1.29, 1.82) is 0 Å². The summed E-state index contributed by atoms with van der Waals surface area (Å²) in [6.45, 7) is 3.31. The van der Waals surface area contributed by atoms with E-state index < -0.39 is 0 Å². The first-order valence-electron chi connectivity index (χ1n) is 10.8. The lowest BCUT2D eigenvalue weighted by Crippen LogP contribution is -2.52. The number of H-pyrrole nitrogens is 1. The molecule has 1 unspecified atom stereocenters. The van der Waals surface area contributed by atoms with E-state index in [-0.39, 0.29) is 18.2 Å². The lowest BCUT2D eigenvalue weighted by atomic mass is 10.0. The maximum absolute atomic E-state index is 12.7. The average Bonchev–Trinajstić information content (AvgIpc) is 3.28. The van der Waals surface area contributed by atoms with Crippen molar-refractivity contribution in [2.45, 2.75) is 37.8 Å². The number of nitrogens with one attached hydrogen (secondary N) is 2. The lowest BCUT2D eigenvalue weighted by Gasteiger charge is -2.37. The first kappa shape index (κ1) is 19.1. The van der Waals surface area contributed by atoms with E-state index in [1.54, 1.807) is 7.11 Å². The Labute approximate surface area is 175 Å². The van der Waals surface area contributed by atoms with Gasteiger partial charge >= 0.3 is 6.03 Å². The molecule has 3 aromatic rings. The molecule has 2 N–H and O–H groups in total. The Balaban J connectivity index is 1.26. The number of carbonyl (C=O) groups is 1. The highest BCUT2D eigenvalue weighted by atomic mass is 16.5. The summed E-state index contributed by atoms with van der Waals surface area (Å²) in [5, 5.41) is 5.49. The van der Waals surface area contributed by atoms with Gasteiger partial charge in [0.05, 0.1) is 17.8 Å². The van der Waals surface area contributed by atoms with Gasteiger partial charge in [0.15, 0.2) is 5.65 Å². The number of hydrogen-bond donors (Lipinski definition) is 2. The Hall–Kier alpha value is -2.87. The minimum Gasteiger partial charge on any atom is -0.380 e. The number of piperidine rings is 2. The van der Waals surface area contributed by atoms with Crippen molar-refractivity contribution in [3.05, 3.63) is 30.7 Å². The molecule has 2 amide bonds. The third-order valence-electron chi connectivity index (χ3n) is 6.43. The van der Waals surface area contributed by atoms with Crippen LogP contribution in [-0.2, 0) is 4.74 Å². The van der Waals surface area contributed by atoms with E-state index in [9.17, 15) is 4.79 Å². The van der Waals surface area contributed by atoms with E-state index in [4.69, 9.17) is 4.74 Å². The fourth-order valence-electron chi connectivity index (χ4n) is 4.75. The lowest BCUT2D eigenvalue weighted by molar-refractivity contribution is 0.0428. The van der Waals surface area contributed by atoms with Crippen LogP contribution in [0, 0.1) is 0 Å². The second-order valence-electron chi connectivity index (χ2n) is 8.25. The van der Waals surface area contributed by atoms with Crippen LogP contribution in [0.3, 0.4) is 0 Å². The van der Waals surface area contributed by atoms with E-state index in [2.05, 4.69) is 31.2 Å². The normalized spacial score (nSPS) is 20.8. The average molecular weight is 409 g/mol. The monoisotopic (exact) mass is 408 g/mol. The van der Waals surface area contributed by atoms with Gasteiger partial charge in [-0.05, 0) is 37.8 Å². The molecule has 8 nitrogen and oxygen atoms in total. The summed E-state index contributed by atoms with van der Waals surface area (Å²) in [6.07, 6.45) is 9.69. The first-order chi connectivity index (χ1) is 14.7. The summed E-state index contributed by atoms with van der Waals surface area (Å²) >= 11 is 0. The third-order valence-corrected chi connectivity index (χ3v) is 6.43. The van der Waals surface area contributed by atoms with Gasteiger partial charge in [-0.1, -0.05) is 0 Å². The molecule has 2 aliphatic heterocycles. The summed E-state index contributed by atoms with van der Waals surface area (Å²) in [5.74, 6) is 0. The van der Waals surface area contributed by atoms with Crippen LogP contribution < -0.4 is 10.2 Å². The van der Waals surface area contributed by atoms with E-state index in [0.29, 0.717) is 6.54 Å². The Morgan fingerprint density at radius 3 is 2.90 bits per heavy atom. The van der Waals surface area contributed by atoms with Crippen LogP contribution in [0.5, 0.6) is 0 Å². The number of carbonyl (C=O) groups excluding carboxylic acids is 1. The minimum atomic E-state index is 0.0469. The number of amides is 2. The molecule has 0 bridgehead atoms. The van der Waals surface area contributed by atoms with E-state index in [0.717, 1.165) is 61.9 Å². The molecule has 0 radical (unpaired) electrons. The summed E-state index contributed by atoms with van der Waals surface area (Å²) in [4.78, 5) is 29.1.